The number of pyridine rings is 1. The Morgan fingerprint density at radius 2 is 2.19 bits per heavy atom. The quantitative estimate of drug-likeness (QED) is 0.718. The predicted octanol–water partition coefficient (Wildman–Crippen LogP) is 2.51. The third-order valence-corrected chi connectivity index (χ3v) is 5.38. The van der Waals surface area contributed by atoms with Crippen LogP contribution in [0.2, 0.25) is 0 Å². The van der Waals surface area contributed by atoms with E-state index >= 15 is 0 Å². The summed E-state index contributed by atoms with van der Waals surface area (Å²) >= 11 is 1.64. The van der Waals surface area contributed by atoms with Gasteiger partial charge in [-0.3, -0.25) is 4.68 Å². The Bertz CT molecular complexity index is 868. The summed E-state index contributed by atoms with van der Waals surface area (Å²) in [5.74, 6) is 0.948. The number of aryl methyl sites for hydroxylation is 1. The smallest absolute Gasteiger partial charge is 0.151 e. The Hall–Kier alpha value is -2.45. The summed E-state index contributed by atoms with van der Waals surface area (Å²) in [6.07, 6.45) is 7.00. The Morgan fingerprint density at radius 1 is 1.35 bits per heavy atom. The van der Waals surface area contributed by atoms with Gasteiger partial charge in [0.2, 0.25) is 0 Å². The molecule has 0 aliphatic carbocycles. The second-order valence-electron chi connectivity index (χ2n) is 6.48. The highest BCUT2D eigenvalue weighted by Crippen LogP contribution is 2.27. The number of anilines is 2. The molecule has 0 spiro atoms. The fourth-order valence-electron chi connectivity index (χ4n) is 3.11. The van der Waals surface area contributed by atoms with Gasteiger partial charge in [-0.1, -0.05) is 0 Å². The monoisotopic (exact) mass is 370 g/mol. The third kappa shape index (κ3) is 3.71. The Labute approximate surface area is 156 Å². The van der Waals surface area contributed by atoms with Crippen LogP contribution in [0.3, 0.4) is 0 Å². The summed E-state index contributed by atoms with van der Waals surface area (Å²) < 4.78 is 1.78. The molecule has 0 amide bonds. The minimum absolute atomic E-state index is 0.187. The largest absolute Gasteiger partial charge is 0.393 e. The summed E-state index contributed by atoms with van der Waals surface area (Å²) in [6.45, 7) is 2.31. The maximum Gasteiger partial charge on any atom is 0.151 e. The van der Waals surface area contributed by atoms with Crippen LogP contribution < -0.4 is 10.2 Å². The summed E-state index contributed by atoms with van der Waals surface area (Å²) in [6, 6.07) is 3.98. The minimum Gasteiger partial charge on any atom is -0.393 e. The number of hydrogen-bond donors (Lipinski definition) is 2. The van der Waals surface area contributed by atoms with E-state index in [1.165, 1.54) is 0 Å². The van der Waals surface area contributed by atoms with Crippen molar-refractivity contribution in [2.45, 2.75) is 25.5 Å². The number of piperidine rings is 1. The van der Waals surface area contributed by atoms with Crippen molar-refractivity contribution in [3.8, 4) is 11.3 Å². The van der Waals surface area contributed by atoms with Crippen LogP contribution in [0.4, 0.5) is 11.5 Å². The van der Waals surface area contributed by atoms with Gasteiger partial charge in [0.1, 0.15) is 5.01 Å². The van der Waals surface area contributed by atoms with Gasteiger partial charge in [-0.05, 0) is 25.0 Å². The van der Waals surface area contributed by atoms with Crippen molar-refractivity contribution in [2.24, 2.45) is 7.05 Å². The molecule has 0 radical (unpaired) electrons. The van der Waals surface area contributed by atoms with Crippen LogP contribution in [0.25, 0.3) is 11.3 Å². The summed E-state index contributed by atoms with van der Waals surface area (Å²) in [5, 5.41) is 20.5. The molecule has 0 unspecified atom stereocenters. The zero-order chi connectivity index (χ0) is 17.9. The van der Waals surface area contributed by atoms with E-state index in [1.807, 2.05) is 37.8 Å². The standard InChI is InChI=1S/C18H22N6OS/c1-23-11-13(9-21-23)16-12-26-17(22-16)10-20-15-3-2-6-19-18(15)24-7-4-14(25)5-8-24/h2-3,6,9,11-12,14,20,25H,4-5,7-8,10H2,1H3. The molecule has 26 heavy (non-hydrogen) atoms. The molecule has 0 saturated carbocycles. The van der Waals surface area contributed by atoms with Crippen molar-refractivity contribution >= 4 is 22.8 Å². The molecule has 4 rings (SSSR count). The molecule has 3 aromatic rings. The van der Waals surface area contributed by atoms with Gasteiger partial charge >= 0.3 is 0 Å². The fraction of sp³-hybridized carbons (Fsp3) is 0.389. The van der Waals surface area contributed by atoms with Gasteiger partial charge in [-0.15, -0.1) is 11.3 Å². The van der Waals surface area contributed by atoms with Crippen molar-refractivity contribution in [2.75, 3.05) is 23.3 Å². The first-order valence-electron chi connectivity index (χ1n) is 8.74. The van der Waals surface area contributed by atoms with Gasteiger partial charge in [-0.25, -0.2) is 9.97 Å². The summed E-state index contributed by atoms with van der Waals surface area (Å²) in [5.41, 5.74) is 2.99. The van der Waals surface area contributed by atoms with Gasteiger partial charge < -0.3 is 15.3 Å². The van der Waals surface area contributed by atoms with Crippen molar-refractivity contribution in [3.63, 3.8) is 0 Å². The average molecular weight is 370 g/mol. The lowest BCUT2D eigenvalue weighted by atomic mass is 10.1. The van der Waals surface area contributed by atoms with E-state index in [0.717, 1.165) is 53.7 Å². The fourth-order valence-corrected chi connectivity index (χ4v) is 3.86. The molecule has 1 aliphatic rings. The molecule has 1 aliphatic heterocycles. The highest BCUT2D eigenvalue weighted by molar-refractivity contribution is 7.09. The lowest BCUT2D eigenvalue weighted by molar-refractivity contribution is 0.145. The van der Waals surface area contributed by atoms with Crippen LogP contribution in [0.15, 0.2) is 36.1 Å². The highest BCUT2D eigenvalue weighted by atomic mass is 32.1. The molecule has 2 N–H and O–H groups in total. The molecule has 8 heteroatoms. The SMILES string of the molecule is Cn1cc(-c2csc(CNc3cccnc3N3CCC(O)CC3)n2)cn1. The van der Waals surface area contributed by atoms with Crippen LogP contribution in [0.1, 0.15) is 17.8 Å². The van der Waals surface area contributed by atoms with Gasteiger partial charge in [0, 0.05) is 43.5 Å². The van der Waals surface area contributed by atoms with Crippen molar-refractivity contribution in [1.82, 2.24) is 19.7 Å². The Kier molecular flexibility index (Phi) is 4.85. The molecule has 4 heterocycles. The van der Waals surface area contributed by atoms with E-state index in [1.54, 1.807) is 16.0 Å². The molecule has 0 aromatic carbocycles. The molecule has 7 nitrogen and oxygen atoms in total. The maximum atomic E-state index is 9.72. The number of aliphatic hydroxyl groups is 1. The van der Waals surface area contributed by atoms with Crippen LogP contribution in [0.5, 0.6) is 0 Å². The van der Waals surface area contributed by atoms with E-state index < -0.39 is 0 Å². The van der Waals surface area contributed by atoms with Gasteiger partial charge in [0.15, 0.2) is 5.82 Å². The number of nitrogens with one attached hydrogen (secondary N) is 1. The third-order valence-electron chi connectivity index (χ3n) is 4.53. The molecule has 0 atom stereocenters. The summed E-state index contributed by atoms with van der Waals surface area (Å²) in [7, 11) is 1.90. The molecule has 136 valence electrons. The van der Waals surface area contributed by atoms with Gasteiger partial charge in [0.05, 0.1) is 30.2 Å². The molecular formula is C18H22N6OS. The predicted molar refractivity (Wildman–Crippen MR) is 103 cm³/mol. The number of rotatable bonds is 5. The Morgan fingerprint density at radius 3 is 2.96 bits per heavy atom. The van der Waals surface area contributed by atoms with Crippen molar-refractivity contribution < 1.29 is 5.11 Å². The summed E-state index contributed by atoms with van der Waals surface area (Å²) in [4.78, 5) is 11.5. The highest BCUT2D eigenvalue weighted by Gasteiger charge is 2.20. The van der Waals surface area contributed by atoms with Crippen molar-refractivity contribution in [1.29, 1.82) is 0 Å². The zero-order valence-electron chi connectivity index (χ0n) is 14.7. The normalized spacial score (nSPS) is 15.4. The van der Waals surface area contributed by atoms with Crippen LogP contribution in [-0.2, 0) is 13.6 Å². The average Bonchev–Trinajstić information content (AvgIpc) is 3.30. The number of aliphatic hydroxyl groups excluding tert-OH is 1. The van der Waals surface area contributed by atoms with E-state index in [-0.39, 0.29) is 6.10 Å². The number of aromatic nitrogens is 4. The van der Waals surface area contributed by atoms with Crippen molar-refractivity contribution in [3.05, 3.63) is 41.1 Å². The number of nitrogens with zero attached hydrogens (tertiary/aromatic N) is 5. The Balaban J connectivity index is 1.44. The van der Waals surface area contributed by atoms with E-state index in [0.29, 0.717) is 6.54 Å². The first-order valence-corrected chi connectivity index (χ1v) is 9.62. The van der Waals surface area contributed by atoms with Gasteiger partial charge in [-0.2, -0.15) is 5.10 Å². The molecule has 3 aromatic heterocycles. The first kappa shape index (κ1) is 17.0. The molecule has 1 fully saturated rings. The van der Waals surface area contributed by atoms with E-state index in [9.17, 15) is 5.11 Å². The first-order chi connectivity index (χ1) is 12.7. The van der Waals surface area contributed by atoms with E-state index in [2.05, 4.69) is 25.7 Å². The van der Waals surface area contributed by atoms with Crippen LogP contribution in [0, 0.1) is 0 Å². The molecule has 1 saturated heterocycles. The second-order valence-corrected chi connectivity index (χ2v) is 7.42. The van der Waals surface area contributed by atoms with Crippen LogP contribution in [-0.4, -0.2) is 44.0 Å². The topological polar surface area (TPSA) is 79.1 Å². The lowest BCUT2D eigenvalue weighted by Gasteiger charge is -2.31. The minimum atomic E-state index is -0.187. The maximum absolute atomic E-state index is 9.72. The zero-order valence-corrected chi connectivity index (χ0v) is 15.5. The lowest BCUT2D eigenvalue weighted by Crippen LogP contribution is -2.36. The van der Waals surface area contributed by atoms with Crippen LogP contribution >= 0.6 is 11.3 Å². The number of hydrogen-bond acceptors (Lipinski definition) is 7. The van der Waals surface area contributed by atoms with Gasteiger partial charge in [0.25, 0.3) is 0 Å². The van der Waals surface area contributed by atoms with E-state index in [4.69, 9.17) is 4.98 Å². The molecular weight excluding hydrogens is 348 g/mol. The second kappa shape index (κ2) is 7.43. The molecule has 0 bridgehead atoms. The number of thiazole rings is 1.